The molecule has 0 saturated carbocycles. The van der Waals surface area contributed by atoms with Gasteiger partial charge in [-0.1, -0.05) is 6.08 Å². The molecule has 0 aliphatic rings. The molecule has 0 aliphatic heterocycles. The van der Waals surface area contributed by atoms with E-state index in [-0.39, 0.29) is 6.61 Å². The van der Waals surface area contributed by atoms with Gasteiger partial charge in [-0.05, 0) is 0 Å². The van der Waals surface area contributed by atoms with E-state index in [4.69, 9.17) is 28.4 Å². The van der Waals surface area contributed by atoms with Gasteiger partial charge in [0.15, 0.2) is 0 Å². The summed E-state index contributed by atoms with van der Waals surface area (Å²) < 4.78 is 35.9. The van der Waals surface area contributed by atoms with E-state index in [0.29, 0.717) is 72.7 Å². The first-order valence-electron chi connectivity index (χ1n) is 7.95. The maximum atomic E-state index is 10.7. The van der Waals surface area contributed by atoms with Gasteiger partial charge < -0.3 is 33.2 Å². The quantitative estimate of drug-likeness (QED) is 0.189. The van der Waals surface area contributed by atoms with Crippen molar-refractivity contribution in [1.29, 1.82) is 0 Å². The molecular weight excluding hydrogens is 320 g/mol. The number of carbonyl (C=O) groups is 1. The molecule has 0 fully saturated rings. The monoisotopic (exact) mass is 350 g/mol. The number of methoxy groups -OCH3 is 1. The fraction of sp³-hybridized carbons (Fsp3) is 0.812. The summed E-state index contributed by atoms with van der Waals surface area (Å²) in [4.78, 5) is 10.7. The Morgan fingerprint density at radius 1 is 0.708 bits per heavy atom. The molecule has 0 aromatic rings. The molecule has 0 aromatic carbocycles. The number of hydrogen-bond acceptors (Lipinski definition) is 8. The normalized spacial score (nSPS) is 10.7. The molecule has 142 valence electrons. The van der Waals surface area contributed by atoms with Crippen molar-refractivity contribution in [2.75, 3.05) is 86.4 Å². The van der Waals surface area contributed by atoms with Gasteiger partial charge in [0.25, 0.3) is 0 Å². The Kier molecular flexibility index (Phi) is 19.2. The first kappa shape index (κ1) is 23.0. The third kappa shape index (κ3) is 19.0. The Morgan fingerprint density at radius 2 is 1.08 bits per heavy atom. The van der Waals surface area contributed by atoms with Crippen LogP contribution < -0.4 is 0 Å². The molecule has 8 heteroatoms. The van der Waals surface area contributed by atoms with Crippen LogP contribution in [0.1, 0.15) is 0 Å². The molecule has 0 bridgehead atoms. The average molecular weight is 350 g/mol. The molecule has 0 spiro atoms. The zero-order valence-corrected chi connectivity index (χ0v) is 14.5. The van der Waals surface area contributed by atoms with E-state index in [0.717, 1.165) is 0 Å². The number of hydrogen-bond donors (Lipinski definition) is 0. The Labute approximate surface area is 143 Å². The van der Waals surface area contributed by atoms with E-state index in [2.05, 4.69) is 11.3 Å². The van der Waals surface area contributed by atoms with Gasteiger partial charge in [-0.25, -0.2) is 4.79 Å². The highest BCUT2D eigenvalue weighted by Crippen LogP contribution is 1.85. The molecule has 0 radical (unpaired) electrons. The molecule has 0 atom stereocenters. The zero-order chi connectivity index (χ0) is 17.7. The first-order valence-corrected chi connectivity index (χ1v) is 7.95. The molecule has 24 heavy (non-hydrogen) atoms. The highest BCUT2D eigenvalue weighted by Gasteiger charge is 1.98. The maximum Gasteiger partial charge on any atom is 0.331 e. The van der Waals surface area contributed by atoms with Crippen molar-refractivity contribution in [2.45, 2.75) is 0 Å². The summed E-state index contributed by atoms with van der Waals surface area (Å²) in [5.41, 5.74) is 0. The number of rotatable bonds is 19. The van der Waals surface area contributed by atoms with Crippen LogP contribution in [0.25, 0.3) is 0 Å². The van der Waals surface area contributed by atoms with Crippen molar-refractivity contribution in [3.05, 3.63) is 12.7 Å². The summed E-state index contributed by atoms with van der Waals surface area (Å²) in [6, 6.07) is 0. The summed E-state index contributed by atoms with van der Waals surface area (Å²) in [6.45, 7) is 8.93. The van der Waals surface area contributed by atoms with E-state index < -0.39 is 5.97 Å². The van der Waals surface area contributed by atoms with Crippen molar-refractivity contribution in [2.24, 2.45) is 0 Å². The van der Waals surface area contributed by atoms with Crippen molar-refractivity contribution in [1.82, 2.24) is 0 Å². The molecule has 0 aliphatic carbocycles. The lowest BCUT2D eigenvalue weighted by molar-refractivity contribution is -0.146. The SMILES string of the molecule is C=CCOCCOCCOCCOCCOCCOCC(=O)OC. The minimum absolute atomic E-state index is 0.0563. The minimum atomic E-state index is -0.398. The zero-order valence-electron chi connectivity index (χ0n) is 14.5. The van der Waals surface area contributed by atoms with E-state index in [9.17, 15) is 4.79 Å². The number of ether oxygens (including phenoxy) is 7. The topological polar surface area (TPSA) is 81.7 Å². The highest BCUT2D eigenvalue weighted by molar-refractivity contribution is 5.70. The standard InChI is InChI=1S/C16H30O8/c1-3-4-19-5-6-20-7-8-21-9-10-22-11-12-23-13-14-24-15-16(17)18-2/h3H,1,4-15H2,2H3. The molecule has 0 amide bonds. The lowest BCUT2D eigenvalue weighted by Gasteiger charge is -2.07. The van der Waals surface area contributed by atoms with Crippen molar-refractivity contribution >= 4 is 5.97 Å². The molecule has 0 saturated heterocycles. The Morgan fingerprint density at radius 3 is 1.46 bits per heavy atom. The number of esters is 1. The van der Waals surface area contributed by atoms with Gasteiger partial charge in [-0.15, -0.1) is 6.58 Å². The average Bonchev–Trinajstić information content (AvgIpc) is 2.60. The van der Waals surface area contributed by atoms with Gasteiger partial charge >= 0.3 is 5.97 Å². The van der Waals surface area contributed by atoms with Gasteiger partial charge in [0.05, 0.1) is 79.8 Å². The van der Waals surface area contributed by atoms with E-state index in [1.807, 2.05) is 0 Å². The van der Waals surface area contributed by atoms with Gasteiger partial charge in [-0.3, -0.25) is 0 Å². The summed E-state index contributed by atoms with van der Waals surface area (Å²) >= 11 is 0. The summed E-state index contributed by atoms with van der Waals surface area (Å²) in [5, 5.41) is 0. The predicted octanol–water partition coefficient (Wildman–Crippen LogP) is 0.445. The molecule has 0 aromatic heterocycles. The van der Waals surface area contributed by atoms with Crippen LogP contribution in [0.2, 0.25) is 0 Å². The molecule has 0 unspecified atom stereocenters. The van der Waals surface area contributed by atoms with E-state index in [1.54, 1.807) is 6.08 Å². The highest BCUT2D eigenvalue weighted by atomic mass is 16.6. The van der Waals surface area contributed by atoms with Gasteiger partial charge in [0, 0.05) is 0 Å². The summed E-state index contributed by atoms with van der Waals surface area (Å²) in [6.07, 6.45) is 1.70. The van der Waals surface area contributed by atoms with E-state index >= 15 is 0 Å². The van der Waals surface area contributed by atoms with Crippen LogP contribution in [0.4, 0.5) is 0 Å². The van der Waals surface area contributed by atoms with Crippen molar-refractivity contribution in [3.8, 4) is 0 Å². The third-order valence-electron chi connectivity index (χ3n) is 2.54. The lowest BCUT2D eigenvalue weighted by Crippen LogP contribution is -2.15. The minimum Gasteiger partial charge on any atom is -0.467 e. The molecule has 0 rings (SSSR count). The Hall–Kier alpha value is -1.03. The van der Waals surface area contributed by atoms with Crippen LogP contribution in [-0.4, -0.2) is 92.4 Å². The van der Waals surface area contributed by atoms with Crippen molar-refractivity contribution < 1.29 is 38.0 Å². The maximum absolute atomic E-state index is 10.7. The molecule has 8 nitrogen and oxygen atoms in total. The fourth-order valence-electron chi connectivity index (χ4n) is 1.38. The molecule has 0 N–H and O–H groups in total. The van der Waals surface area contributed by atoms with Crippen LogP contribution in [-0.2, 0) is 38.0 Å². The van der Waals surface area contributed by atoms with Gasteiger partial charge in [-0.2, -0.15) is 0 Å². The van der Waals surface area contributed by atoms with Crippen LogP contribution in [0.15, 0.2) is 12.7 Å². The van der Waals surface area contributed by atoms with Gasteiger partial charge in [0.2, 0.25) is 0 Å². The second kappa shape index (κ2) is 20.0. The number of carbonyl (C=O) groups excluding carboxylic acids is 1. The first-order chi connectivity index (χ1) is 11.8. The lowest BCUT2D eigenvalue weighted by atomic mass is 10.6. The molecule has 0 heterocycles. The van der Waals surface area contributed by atoms with Gasteiger partial charge in [0.1, 0.15) is 6.61 Å². The largest absolute Gasteiger partial charge is 0.467 e. The predicted molar refractivity (Wildman–Crippen MR) is 87.1 cm³/mol. The summed E-state index contributed by atoms with van der Waals surface area (Å²) in [7, 11) is 1.32. The van der Waals surface area contributed by atoms with Crippen LogP contribution in [0.3, 0.4) is 0 Å². The molecular formula is C16H30O8. The van der Waals surface area contributed by atoms with Crippen LogP contribution in [0, 0.1) is 0 Å². The van der Waals surface area contributed by atoms with Crippen LogP contribution >= 0.6 is 0 Å². The fourth-order valence-corrected chi connectivity index (χ4v) is 1.38. The second-order valence-corrected chi connectivity index (χ2v) is 4.44. The third-order valence-corrected chi connectivity index (χ3v) is 2.54. The summed E-state index contributed by atoms with van der Waals surface area (Å²) in [5.74, 6) is -0.398. The Bertz CT molecular complexity index is 285. The second-order valence-electron chi connectivity index (χ2n) is 4.44. The van der Waals surface area contributed by atoms with Crippen LogP contribution in [0.5, 0.6) is 0 Å². The Balaban J connectivity index is 3.00. The van der Waals surface area contributed by atoms with E-state index in [1.165, 1.54) is 7.11 Å². The van der Waals surface area contributed by atoms with Crippen molar-refractivity contribution in [3.63, 3.8) is 0 Å². The smallest absolute Gasteiger partial charge is 0.331 e.